The van der Waals surface area contributed by atoms with E-state index >= 15 is 0 Å². The van der Waals surface area contributed by atoms with Crippen LogP contribution in [0.2, 0.25) is 0 Å². The van der Waals surface area contributed by atoms with Gasteiger partial charge in [-0.1, -0.05) is 12.8 Å². The van der Waals surface area contributed by atoms with Gasteiger partial charge < -0.3 is 21.3 Å². The molecule has 104 valence electrons. The van der Waals surface area contributed by atoms with Crippen molar-refractivity contribution in [1.82, 2.24) is 5.32 Å². The molecule has 5 heteroatoms. The Morgan fingerprint density at radius 3 is 2.47 bits per heavy atom. The van der Waals surface area contributed by atoms with Gasteiger partial charge in [0.2, 0.25) is 0 Å². The second-order valence-electron chi connectivity index (χ2n) is 5.10. The van der Waals surface area contributed by atoms with Crippen molar-refractivity contribution in [3.63, 3.8) is 0 Å². The van der Waals surface area contributed by atoms with Gasteiger partial charge in [-0.3, -0.25) is 4.79 Å². The average Bonchev–Trinajstić information content (AvgIpc) is 2.38. The molecule has 2 atom stereocenters. The van der Waals surface area contributed by atoms with E-state index in [0.717, 1.165) is 25.7 Å². The summed E-state index contributed by atoms with van der Waals surface area (Å²) in [4.78, 5) is 12.1. The number of rotatable bonds is 3. The Labute approximate surface area is 112 Å². The molecule has 0 saturated heterocycles. The van der Waals surface area contributed by atoms with Crippen LogP contribution in [0, 0.1) is 5.92 Å². The summed E-state index contributed by atoms with van der Waals surface area (Å²) in [5, 5.41) is 21.7. The topological polar surface area (TPSA) is 95.6 Å². The second-order valence-corrected chi connectivity index (χ2v) is 5.10. The van der Waals surface area contributed by atoms with Gasteiger partial charge in [0.1, 0.15) is 11.5 Å². The Morgan fingerprint density at radius 2 is 1.84 bits per heavy atom. The maximum Gasteiger partial charge on any atom is 0.251 e. The van der Waals surface area contributed by atoms with Gasteiger partial charge in [-0.2, -0.15) is 0 Å². The van der Waals surface area contributed by atoms with Crippen molar-refractivity contribution in [1.29, 1.82) is 0 Å². The summed E-state index contributed by atoms with van der Waals surface area (Å²) in [6, 6.07) is 3.96. The van der Waals surface area contributed by atoms with Crippen molar-refractivity contribution >= 4 is 5.91 Å². The van der Waals surface area contributed by atoms with Crippen molar-refractivity contribution in [3.8, 4) is 11.5 Å². The van der Waals surface area contributed by atoms with E-state index in [0.29, 0.717) is 12.5 Å². The van der Waals surface area contributed by atoms with Gasteiger partial charge in [-0.05, 0) is 37.4 Å². The van der Waals surface area contributed by atoms with Crippen LogP contribution in [-0.4, -0.2) is 28.7 Å². The molecular formula is C14H20N2O3. The van der Waals surface area contributed by atoms with Crippen LogP contribution in [0.1, 0.15) is 36.0 Å². The number of aromatic hydroxyl groups is 2. The van der Waals surface area contributed by atoms with Crippen LogP contribution in [0.5, 0.6) is 11.5 Å². The third-order valence-corrected chi connectivity index (χ3v) is 3.69. The maximum atomic E-state index is 12.1. The lowest BCUT2D eigenvalue weighted by Crippen LogP contribution is -2.44. The van der Waals surface area contributed by atoms with Crippen LogP contribution < -0.4 is 11.1 Å². The first-order valence-electron chi connectivity index (χ1n) is 6.64. The molecule has 0 aliphatic heterocycles. The molecule has 0 radical (unpaired) electrons. The first-order valence-corrected chi connectivity index (χ1v) is 6.64. The lowest BCUT2D eigenvalue weighted by Gasteiger charge is -2.31. The number of nitrogens with two attached hydrogens (primary N) is 1. The highest BCUT2D eigenvalue weighted by Gasteiger charge is 2.25. The fraction of sp³-hybridized carbons (Fsp3) is 0.500. The van der Waals surface area contributed by atoms with Crippen LogP contribution >= 0.6 is 0 Å². The molecule has 1 amide bonds. The number of carbonyl (C=O) groups excluding carboxylic acids is 1. The summed E-state index contributed by atoms with van der Waals surface area (Å²) in [6.45, 7) is 0.566. The largest absolute Gasteiger partial charge is 0.508 e. The van der Waals surface area contributed by atoms with Crippen LogP contribution in [-0.2, 0) is 0 Å². The smallest absolute Gasteiger partial charge is 0.251 e. The van der Waals surface area contributed by atoms with E-state index in [2.05, 4.69) is 5.32 Å². The molecule has 5 N–H and O–H groups in total. The van der Waals surface area contributed by atoms with Crippen molar-refractivity contribution in [2.24, 2.45) is 11.7 Å². The highest BCUT2D eigenvalue weighted by molar-refractivity contribution is 5.95. The molecule has 5 nitrogen and oxygen atoms in total. The summed E-state index contributed by atoms with van der Waals surface area (Å²) in [5.41, 5.74) is 5.99. The van der Waals surface area contributed by atoms with E-state index < -0.39 is 0 Å². The van der Waals surface area contributed by atoms with Gasteiger partial charge in [0, 0.05) is 17.7 Å². The molecule has 1 saturated carbocycles. The summed E-state index contributed by atoms with van der Waals surface area (Å²) in [7, 11) is 0. The van der Waals surface area contributed by atoms with E-state index in [1.807, 2.05) is 0 Å². The standard InChI is InChI=1S/C14H20N2O3/c15-8-9-3-1-2-4-13(9)16-14(19)10-5-11(17)7-12(18)6-10/h5-7,9,13,17-18H,1-4,8,15H2,(H,16,19). The van der Waals surface area contributed by atoms with Crippen LogP contribution in [0.4, 0.5) is 0 Å². The zero-order valence-corrected chi connectivity index (χ0v) is 10.8. The number of amides is 1. The fourth-order valence-corrected chi connectivity index (χ4v) is 2.66. The molecule has 2 rings (SSSR count). The number of phenolic OH excluding ortho intramolecular Hbond substituents is 2. The van der Waals surface area contributed by atoms with Crippen LogP contribution in [0.15, 0.2) is 18.2 Å². The normalized spacial score (nSPS) is 23.0. The van der Waals surface area contributed by atoms with Gasteiger partial charge in [0.15, 0.2) is 0 Å². The molecule has 0 bridgehead atoms. The minimum atomic E-state index is -0.281. The van der Waals surface area contributed by atoms with Gasteiger partial charge in [0.05, 0.1) is 0 Å². The SMILES string of the molecule is NCC1CCCCC1NC(=O)c1cc(O)cc(O)c1. The van der Waals surface area contributed by atoms with Gasteiger partial charge >= 0.3 is 0 Å². The molecule has 1 aromatic carbocycles. The Hall–Kier alpha value is -1.75. The molecule has 1 aromatic rings. The summed E-state index contributed by atoms with van der Waals surface area (Å²) in [6.07, 6.45) is 4.21. The predicted molar refractivity (Wildman–Crippen MR) is 72.0 cm³/mol. The van der Waals surface area contributed by atoms with E-state index in [1.165, 1.54) is 18.2 Å². The van der Waals surface area contributed by atoms with E-state index in [1.54, 1.807) is 0 Å². The molecule has 1 fully saturated rings. The molecular weight excluding hydrogens is 244 g/mol. The molecule has 1 aliphatic carbocycles. The Balaban J connectivity index is 2.07. The fourth-order valence-electron chi connectivity index (χ4n) is 2.66. The summed E-state index contributed by atoms with van der Waals surface area (Å²) in [5.74, 6) is -0.214. The summed E-state index contributed by atoms with van der Waals surface area (Å²) < 4.78 is 0. The highest BCUT2D eigenvalue weighted by Crippen LogP contribution is 2.25. The number of benzene rings is 1. The summed E-state index contributed by atoms with van der Waals surface area (Å²) >= 11 is 0. The van der Waals surface area contributed by atoms with Gasteiger partial charge in [0.25, 0.3) is 5.91 Å². The van der Waals surface area contributed by atoms with Gasteiger partial charge in [-0.15, -0.1) is 0 Å². The Kier molecular flexibility index (Phi) is 4.27. The molecule has 0 aromatic heterocycles. The molecule has 0 spiro atoms. The van der Waals surface area contributed by atoms with Crippen molar-refractivity contribution < 1.29 is 15.0 Å². The molecule has 2 unspecified atom stereocenters. The number of hydrogen-bond acceptors (Lipinski definition) is 4. The third-order valence-electron chi connectivity index (χ3n) is 3.69. The zero-order valence-electron chi connectivity index (χ0n) is 10.8. The number of nitrogens with one attached hydrogen (secondary N) is 1. The van der Waals surface area contributed by atoms with Crippen molar-refractivity contribution in [2.45, 2.75) is 31.7 Å². The Bertz CT molecular complexity index is 442. The number of carbonyl (C=O) groups is 1. The van der Waals surface area contributed by atoms with E-state index in [9.17, 15) is 15.0 Å². The lowest BCUT2D eigenvalue weighted by molar-refractivity contribution is 0.0907. The second kappa shape index (κ2) is 5.93. The minimum absolute atomic E-state index is 0.0794. The quantitative estimate of drug-likeness (QED) is 0.662. The number of phenols is 2. The first-order chi connectivity index (χ1) is 9.10. The highest BCUT2D eigenvalue weighted by atomic mass is 16.3. The van der Waals surface area contributed by atoms with Crippen molar-refractivity contribution in [2.75, 3.05) is 6.54 Å². The number of hydrogen-bond donors (Lipinski definition) is 4. The predicted octanol–water partition coefficient (Wildman–Crippen LogP) is 1.35. The van der Waals surface area contributed by atoms with E-state index in [-0.39, 0.29) is 29.0 Å². The third kappa shape index (κ3) is 3.38. The molecule has 19 heavy (non-hydrogen) atoms. The van der Waals surface area contributed by atoms with Crippen LogP contribution in [0.3, 0.4) is 0 Å². The minimum Gasteiger partial charge on any atom is -0.508 e. The van der Waals surface area contributed by atoms with Gasteiger partial charge in [-0.25, -0.2) is 0 Å². The molecule has 1 aliphatic rings. The lowest BCUT2D eigenvalue weighted by atomic mass is 9.84. The zero-order chi connectivity index (χ0) is 13.8. The maximum absolute atomic E-state index is 12.1. The first kappa shape index (κ1) is 13.7. The monoisotopic (exact) mass is 264 g/mol. The van der Waals surface area contributed by atoms with Crippen molar-refractivity contribution in [3.05, 3.63) is 23.8 Å². The van der Waals surface area contributed by atoms with E-state index in [4.69, 9.17) is 5.73 Å². The van der Waals surface area contributed by atoms with Crippen LogP contribution in [0.25, 0.3) is 0 Å². The average molecular weight is 264 g/mol. The Morgan fingerprint density at radius 1 is 1.21 bits per heavy atom. The molecule has 0 heterocycles.